The van der Waals surface area contributed by atoms with Gasteiger partial charge in [0.15, 0.2) is 5.11 Å². The number of piperidine rings is 4. The summed E-state index contributed by atoms with van der Waals surface area (Å²) in [5.74, 6) is 2.63. The summed E-state index contributed by atoms with van der Waals surface area (Å²) < 4.78 is 3.89. The molecule has 4 saturated heterocycles. The third-order valence-corrected chi connectivity index (χ3v) is 9.70. The summed E-state index contributed by atoms with van der Waals surface area (Å²) in [4.78, 5) is 17.8. The van der Waals surface area contributed by atoms with Crippen LogP contribution < -0.4 is 16.2 Å². The van der Waals surface area contributed by atoms with Gasteiger partial charge in [-0.15, -0.1) is 0 Å². The molecule has 1 aromatic carbocycles. The summed E-state index contributed by atoms with van der Waals surface area (Å²) in [5.41, 5.74) is 3.43. The molecule has 0 radical (unpaired) electrons. The number of hydrogen-bond donors (Lipinski definition) is 2. The van der Waals surface area contributed by atoms with Crippen LogP contribution in [0.3, 0.4) is 0 Å². The Kier molecular flexibility index (Phi) is 6.74. The average molecular weight is 544 g/mol. The minimum Gasteiger partial charge on any atom is -0.361 e. The maximum atomic E-state index is 12.4. The number of likely N-dealkylation sites (tertiary alicyclic amines) is 1. The number of hydrogen-bond acceptors (Lipinski definition) is 5. The molecule has 2 aromatic heterocycles. The Labute approximate surface area is 235 Å². The highest BCUT2D eigenvalue weighted by molar-refractivity contribution is 7.80. The largest absolute Gasteiger partial charge is 0.361 e. The van der Waals surface area contributed by atoms with Crippen LogP contribution >= 0.6 is 12.2 Å². The number of thiocarbonyl (C=S) groups is 1. The summed E-state index contributed by atoms with van der Waals surface area (Å²) in [7, 11) is 0. The first-order valence-corrected chi connectivity index (χ1v) is 14.8. The van der Waals surface area contributed by atoms with E-state index < -0.39 is 0 Å². The van der Waals surface area contributed by atoms with Crippen molar-refractivity contribution in [3.05, 3.63) is 77.0 Å². The van der Waals surface area contributed by atoms with Gasteiger partial charge in [-0.05, 0) is 92.2 Å². The molecule has 204 valence electrons. The van der Waals surface area contributed by atoms with Crippen LogP contribution in [0.2, 0.25) is 0 Å². The second-order valence-corrected chi connectivity index (χ2v) is 12.4. The standard InChI is InChI=1S/C30H37N7OS/c38-29-4-1-3-28-23-13-21(17-36(28)29)16-34(18-23)19-24-20-35-12-9-22(24)14-27(35)15-31-30(39)33-25-5-7-26(8-6-25)37-11-2-10-32-37/h1-8,10-11,21-24,27H,9,12-20H2,(H2,31,33,39). The van der Waals surface area contributed by atoms with Crippen molar-refractivity contribution in [2.75, 3.05) is 44.6 Å². The molecule has 8 nitrogen and oxygen atoms in total. The molecule has 6 unspecified atom stereocenters. The van der Waals surface area contributed by atoms with Crippen molar-refractivity contribution < 1.29 is 0 Å². The molecule has 4 fully saturated rings. The molecule has 6 atom stereocenters. The Bertz CT molecular complexity index is 1370. The predicted molar refractivity (Wildman–Crippen MR) is 157 cm³/mol. The number of fused-ring (bicyclic) bond motifs is 7. The number of benzene rings is 1. The first-order valence-electron chi connectivity index (χ1n) is 14.4. The quantitative estimate of drug-likeness (QED) is 0.463. The van der Waals surface area contributed by atoms with Gasteiger partial charge in [0.05, 0.1) is 5.69 Å². The zero-order valence-electron chi connectivity index (χ0n) is 22.3. The minimum atomic E-state index is 0.172. The van der Waals surface area contributed by atoms with Gasteiger partial charge in [0, 0.05) is 81.1 Å². The molecule has 8 rings (SSSR count). The SMILES string of the molecule is O=c1cccc2n1CC1CC2CN(CC2CN3CCC2CC3CNC(=S)Nc2ccc(-n3cccn3)cc2)C1. The van der Waals surface area contributed by atoms with Crippen LogP contribution in [-0.2, 0) is 6.54 Å². The maximum Gasteiger partial charge on any atom is 0.250 e. The van der Waals surface area contributed by atoms with Crippen LogP contribution in [0, 0.1) is 17.8 Å². The van der Waals surface area contributed by atoms with E-state index in [1.54, 1.807) is 12.3 Å². The van der Waals surface area contributed by atoms with E-state index in [1.165, 1.54) is 44.6 Å². The number of nitrogens with one attached hydrogen (secondary N) is 2. The van der Waals surface area contributed by atoms with Gasteiger partial charge in [-0.3, -0.25) is 9.69 Å². The molecule has 4 bridgehead atoms. The zero-order chi connectivity index (χ0) is 26.3. The molecular weight excluding hydrogens is 506 g/mol. The first kappa shape index (κ1) is 25.0. The molecule has 7 heterocycles. The summed E-state index contributed by atoms with van der Waals surface area (Å²) in [6, 6.07) is 16.4. The van der Waals surface area contributed by atoms with E-state index in [0.29, 0.717) is 23.0 Å². The van der Waals surface area contributed by atoms with Crippen molar-refractivity contribution in [1.29, 1.82) is 0 Å². The summed E-state index contributed by atoms with van der Waals surface area (Å²) in [5, 5.41) is 11.8. The Hall–Kier alpha value is -3.01. The Morgan fingerprint density at radius 3 is 2.72 bits per heavy atom. The second-order valence-electron chi connectivity index (χ2n) is 11.9. The molecule has 2 N–H and O–H groups in total. The van der Waals surface area contributed by atoms with Crippen LogP contribution in [0.4, 0.5) is 5.69 Å². The Balaban J connectivity index is 0.903. The lowest BCUT2D eigenvalue weighted by molar-refractivity contribution is -0.0189. The smallest absolute Gasteiger partial charge is 0.250 e. The topological polar surface area (TPSA) is 70.4 Å². The number of aromatic nitrogens is 3. The average Bonchev–Trinajstić information content (AvgIpc) is 3.49. The summed E-state index contributed by atoms with van der Waals surface area (Å²) in [6.45, 7) is 7.58. The van der Waals surface area contributed by atoms with E-state index >= 15 is 0 Å². The van der Waals surface area contributed by atoms with E-state index in [9.17, 15) is 4.79 Å². The van der Waals surface area contributed by atoms with Crippen LogP contribution in [0.1, 0.15) is 30.9 Å². The summed E-state index contributed by atoms with van der Waals surface area (Å²) in [6.07, 6.45) is 7.51. The van der Waals surface area contributed by atoms with Gasteiger partial charge >= 0.3 is 0 Å². The molecule has 39 heavy (non-hydrogen) atoms. The normalized spacial score (nSPS) is 29.5. The number of anilines is 1. The van der Waals surface area contributed by atoms with E-state index in [4.69, 9.17) is 12.2 Å². The molecule has 0 aliphatic carbocycles. The van der Waals surface area contributed by atoms with Crippen molar-refractivity contribution in [2.24, 2.45) is 17.8 Å². The van der Waals surface area contributed by atoms with Crippen molar-refractivity contribution in [3.8, 4) is 5.69 Å². The van der Waals surface area contributed by atoms with Crippen molar-refractivity contribution in [3.63, 3.8) is 0 Å². The lowest BCUT2D eigenvalue weighted by Gasteiger charge is -2.52. The molecule has 3 aromatic rings. The minimum absolute atomic E-state index is 0.172. The van der Waals surface area contributed by atoms with Gasteiger partial charge < -0.3 is 20.1 Å². The lowest BCUT2D eigenvalue weighted by atomic mass is 9.74. The molecule has 0 saturated carbocycles. The Morgan fingerprint density at radius 1 is 1.03 bits per heavy atom. The van der Waals surface area contributed by atoms with Gasteiger partial charge in [-0.2, -0.15) is 5.10 Å². The van der Waals surface area contributed by atoms with Gasteiger partial charge in [0.1, 0.15) is 0 Å². The van der Waals surface area contributed by atoms with Crippen LogP contribution in [0.25, 0.3) is 5.69 Å². The van der Waals surface area contributed by atoms with E-state index in [-0.39, 0.29) is 5.56 Å². The van der Waals surface area contributed by atoms with E-state index in [1.807, 2.05) is 51.8 Å². The van der Waals surface area contributed by atoms with Gasteiger partial charge in [0.2, 0.25) is 0 Å². The molecule has 5 aliphatic rings. The molecule has 0 spiro atoms. The third kappa shape index (κ3) is 5.15. The van der Waals surface area contributed by atoms with Crippen LogP contribution in [0.5, 0.6) is 0 Å². The molecule has 0 amide bonds. The van der Waals surface area contributed by atoms with Gasteiger partial charge in [-0.1, -0.05) is 6.07 Å². The van der Waals surface area contributed by atoms with Crippen LogP contribution in [0.15, 0.2) is 65.7 Å². The third-order valence-electron chi connectivity index (χ3n) is 9.45. The van der Waals surface area contributed by atoms with E-state index in [2.05, 4.69) is 31.6 Å². The highest BCUT2D eigenvalue weighted by Crippen LogP contribution is 2.39. The monoisotopic (exact) mass is 543 g/mol. The highest BCUT2D eigenvalue weighted by Gasteiger charge is 2.42. The number of nitrogens with zero attached hydrogens (tertiary/aromatic N) is 5. The lowest BCUT2D eigenvalue weighted by Crippen LogP contribution is -2.59. The predicted octanol–water partition coefficient (Wildman–Crippen LogP) is 3.15. The van der Waals surface area contributed by atoms with Crippen molar-refractivity contribution in [1.82, 2.24) is 29.5 Å². The van der Waals surface area contributed by atoms with Gasteiger partial charge in [-0.25, -0.2) is 4.68 Å². The van der Waals surface area contributed by atoms with Crippen molar-refractivity contribution >= 4 is 23.0 Å². The molecular formula is C30H37N7OS. The maximum absolute atomic E-state index is 12.4. The fourth-order valence-corrected chi connectivity index (χ4v) is 7.85. The number of rotatable bonds is 6. The van der Waals surface area contributed by atoms with Gasteiger partial charge in [0.25, 0.3) is 5.56 Å². The van der Waals surface area contributed by atoms with Crippen LogP contribution in [-0.4, -0.2) is 74.6 Å². The zero-order valence-corrected chi connectivity index (χ0v) is 23.1. The summed E-state index contributed by atoms with van der Waals surface area (Å²) >= 11 is 5.62. The second kappa shape index (κ2) is 10.5. The van der Waals surface area contributed by atoms with Crippen molar-refractivity contribution in [2.45, 2.75) is 37.8 Å². The first-order chi connectivity index (χ1) is 19.1. The molecule has 9 heteroatoms. The highest BCUT2D eigenvalue weighted by atomic mass is 32.1. The fraction of sp³-hybridized carbons (Fsp3) is 0.500. The molecule has 5 aliphatic heterocycles. The number of pyridine rings is 1. The Morgan fingerprint density at radius 2 is 1.92 bits per heavy atom. The van der Waals surface area contributed by atoms with E-state index in [0.717, 1.165) is 49.4 Å². The fourth-order valence-electron chi connectivity index (χ4n) is 7.65.